The molecule has 0 aliphatic rings. The fourth-order valence-corrected chi connectivity index (χ4v) is 1.73. The van der Waals surface area contributed by atoms with Gasteiger partial charge in [-0.3, -0.25) is 0 Å². The standard InChI is InChI=1S/C15H14F/c1-2-12-8-9-15(16)14(10-12)11-13-6-4-3-5-7-13/h2-10H,11H2,1H3. The summed E-state index contributed by atoms with van der Waals surface area (Å²) >= 11 is 0. The van der Waals surface area contributed by atoms with E-state index in [1.807, 2.05) is 49.7 Å². The van der Waals surface area contributed by atoms with Crippen LogP contribution in [-0.4, -0.2) is 0 Å². The normalized spacial score (nSPS) is 10.4. The van der Waals surface area contributed by atoms with E-state index < -0.39 is 0 Å². The van der Waals surface area contributed by atoms with Crippen LogP contribution in [0.2, 0.25) is 0 Å². The van der Waals surface area contributed by atoms with E-state index >= 15 is 0 Å². The Kier molecular flexibility index (Phi) is 3.35. The molecule has 0 unspecified atom stereocenters. The molecule has 0 heterocycles. The second-order valence-electron chi connectivity index (χ2n) is 3.80. The smallest absolute Gasteiger partial charge is 0.126 e. The molecule has 0 saturated heterocycles. The molecule has 81 valence electrons. The van der Waals surface area contributed by atoms with Gasteiger partial charge in [-0.25, -0.2) is 4.39 Å². The van der Waals surface area contributed by atoms with Crippen LogP contribution in [0.5, 0.6) is 0 Å². The summed E-state index contributed by atoms with van der Waals surface area (Å²) in [7, 11) is 0. The number of hydrogen-bond donors (Lipinski definition) is 0. The van der Waals surface area contributed by atoms with Gasteiger partial charge in [-0.1, -0.05) is 49.4 Å². The molecule has 1 heteroatoms. The quantitative estimate of drug-likeness (QED) is 0.723. The van der Waals surface area contributed by atoms with Gasteiger partial charge in [0.05, 0.1) is 0 Å². The molecule has 0 saturated carbocycles. The van der Waals surface area contributed by atoms with Crippen LogP contribution in [0.25, 0.3) is 0 Å². The maximum absolute atomic E-state index is 13.6. The lowest BCUT2D eigenvalue weighted by molar-refractivity contribution is 0.613. The lowest BCUT2D eigenvalue weighted by Gasteiger charge is -2.05. The third kappa shape index (κ3) is 2.48. The van der Waals surface area contributed by atoms with Crippen molar-refractivity contribution in [2.75, 3.05) is 0 Å². The lowest BCUT2D eigenvalue weighted by Crippen LogP contribution is -1.94. The van der Waals surface area contributed by atoms with Crippen molar-refractivity contribution in [2.24, 2.45) is 0 Å². The molecule has 0 atom stereocenters. The van der Waals surface area contributed by atoms with Gasteiger partial charge >= 0.3 is 0 Å². The Bertz CT molecular complexity index is 460. The van der Waals surface area contributed by atoms with Crippen molar-refractivity contribution in [1.29, 1.82) is 0 Å². The van der Waals surface area contributed by atoms with Gasteiger partial charge in [0, 0.05) is 6.42 Å². The second kappa shape index (κ2) is 4.93. The molecule has 0 amide bonds. The Labute approximate surface area is 95.7 Å². The van der Waals surface area contributed by atoms with E-state index in [0.717, 1.165) is 16.7 Å². The largest absolute Gasteiger partial charge is 0.207 e. The molecule has 0 aromatic heterocycles. The van der Waals surface area contributed by atoms with Gasteiger partial charge in [-0.2, -0.15) is 0 Å². The Morgan fingerprint density at radius 1 is 1.06 bits per heavy atom. The summed E-state index contributed by atoms with van der Waals surface area (Å²) in [6.45, 7) is 1.96. The predicted octanol–water partition coefficient (Wildman–Crippen LogP) is 3.99. The van der Waals surface area contributed by atoms with Crippen LogP contribution in [0.3, 0.4) is 0 Å². The molecule has 0 spiro atoms. The summed E-state index contributed by atoms with van der Waals surface area (Å²) in [6.07, 6.45) is 2.63. The highest BCUT2D eigenvalue weighted by atomic mass is 19.1. The van der Waals surface area contributed by atoms with Crippen molar-refractivity contribution in [2.45, 2.75) is 13.3 Å². The van der Waals surface area contributed by atoms with Crippen molar-refractivity contribution < 1.29 is 4.39 Å². The molecular weight excluding hydrogens is 199 g/mol. The molecule has 0 fully saturated rings. The van der Waals surface area contributed by atoms with Crippen LogP contribution in [0.15, 0.2) is 48.5 Å². The lowest BCUT2D eigenvalue weighted by atomic mass is 10.0. The summed E-state index contributed by atoms with van der Waals surface area (Å²) in [6, 6.07) is 15.2. The molecule has 1 radical (unpaired) electrons. The summed E-state index contributed by atoms with van der Waals surface area (Å²) in [4.78, 5) is 0. The fraction of sp³-hybridized carbons (Fsp3) is 0.133. The van der Waals surface area contributed by atoms with Gasteiger partial charge in [0.15, 0.2) is 0 Å². The molecule has 0 N–H and O–H groups in total. The van der Waals surface area contributed by atoms with Gasteiger partial charge in [0.2, 0.25) is 0 Å². The number of hydrogen-bond acceptors (Lipinski definition) is 0. The predicted molar refractivity (Wildman–Crippen MR) is 64.7 cm³/mol. The summed E-state index contributed by atoms with van der Waals surface area (Å²) < 4.78 is 13.6. The Hall–Kier alpha value is -1.63. The van der Waals surface area contributed by atoms with Gasteiger partial charge in [-0.05, 0) is 29.2 Å². The van der Waals surface area contributed by atoms with E-state index in [0.29, 0.717) is 6.42 Å². The van der Waals surface area contributed by atoms with Gasteiger partial charge in [0.1, 0.15) is 5.82 Å². The second-order valence-corrected chi connectivity index (χ2v) is 3.80. The number of rotatable bonds is 3. The highest BCUT2D eigenvalue weighted by Gasteiger charge is 2.03. The van der Waals surface area contributed by atoms with Gasteiger partial charge < -0.3 is 0 Å². The van der Waals surface area contributed by atoms with E-state index in [9.17, 15) is 4.39 Å². The minimum atomic E-state index is -0.130. The van der Waals surface area contributed by atoms with Gasteiger partial charge in [0.25, 0.3) is 0 Å². The Morgan fingerprint density at radius 3 is 2.50 bits per heavy atom. The van der Waals surface area contributed by atoms with Crippen molar-refractivity contribution in [3.8, 4) is 0 Å². The van der Waals surface area contributed by atoms with Crippen LogP contribution in [-0.2, 0) is 6.42 Å². The maximum atomic E-state index is 13.6. The third-order valence-electron chi connectivity index (χ3n) is 2.64. The molecule has 0 aliphatic heterocycles. The molecule has 2 rings (SSSR count). The zero-order valence-electron chi connectivity index (χ0n) is 9.28. The average molecular weight is 213 g/mol. The fourth-order valence-electron chi connectivity index (χ4n) is 1.73. The van der Waals surface area contributed by atoms with Crippen molar-refractivity contribution in [3.05, 3.63) is 77.5 Å². The maximum Gasteiger partial charge on any atom is 0.126 e. The topological polar surface area (TPSA) is 0 Å². The first-order valence-corrected chi connectivity index (χ1v) is 5.41. The minimum absolute atomic E-state index is 0.130. The first kappa shape index (κ1) is 10.9. The van der Waals surface area contributed by atoms with Gasteiger partial charge in [-0.15, -0.1) is 0 Å². The third-order valence-corrected chi connectivity index (χ3v) is 2.64. The van der Waals surface area contributed by atoms with E-state index in [-0.39, 0.29) is 5.82 Å². The molecule has 2 aromatic rings. The monoisotopic (exact) mass is 213 g/mol. The van der Waals surface area contributed by atoms with Crippen LogP contribution >= 0.6 is 0 Å². The molecule has 0 aliphatic carbocycles. The van der Waals surface area contributed by atoms with Crippen molar-refractivity contribution >= 4 is 0 Å². The highest BCUT2D eigenvalue weighted by Crippen LogP contribution is 2.16. The summed E-state index contributed by atoms with van der Waals surface area (Å²) in [5.74, 6) is -0.130. The molecule has 16 heavy (non-hydrogen) atoms. The zero-order valence-corrected chi connectivity index (χ0v) is 9.28. The minimum Gasteiger partial charge on any atom is -0.207 e. The summed E-state index contributed by atoms with van der Waals surface area (Å²) in [5, 5.41) is 0. The first-order chi connectivity index (χ1) is 7.79. The summed E-state index contributed by atoms with van der Waals surface area (Å²) in [5.41, 5.74) is 2.95. The molecular formula is C15H14F. The zero-order chi connectivity index (χ0) is 11.4. The van der Waals surface area contributed by atoms with E-state index in [4.69, 9.17) is 0 Å². The van der Waals surface area contributed by atoms with Crippen LogP contribution in [0.1, 0.15) is 23.6 Å². The Balaban J connectivity index is 2.27. The first-order valence-electron chi connectivity index (χ1n) is 5.41. The molecule has 0 nitrogen and oxygen atoms in total. The van der Waals surface area contributed by atoms with Crippen LogP contribution in [0, 0.1) is 12.2 Å². The van der Waals surface area contributed by atoms with Crippen LogP contribution in [0.4, 0.5) is 4.39 Å². The Morgan fingerprint density at radius 2 is 1.81 bits per heavy atom. The van der Waals surface area contributed by atoms with E-state index in [1.54, 1.807) is 6.07 Å². The SMILES string of the molecule is C[CH]c1ccc(F)c(Cc2ccccc2)c1. The number of benzene rings is 2. The molecule has 0 bridgehead atoms. The molecule has 2 aromatic carbocycles. The van der Waals surface area contributed by atoms with E-state index in [1.165, 1.54) is 6.07 Å². The van der Waals surface area contributed by atoms with E-state index in [2.05, 4.69) is 0 Å². The van der Waals surface area contributed by atoms with Crippen molar-refractivity contribution in [3.63, 3.8) is 0 Å². The average Bonchev–Trinajstić information content (AvgIpc) is 2.33. The highest BCUT2D eigenvalue weighted by molar-refractivity contribution is 5.33. The van der Waals surface area contributed by atoms with Crippen molar-refractivity contribution in [1.82, 2.24) is 0 Å². The number of halogens is 1. The van der Waals surface area contributed by atoms with Crippen LogP contribution < -0.4 is 0 Å².